The normalized spacial score (nSPS) is 27.7. The van der Waals surface area contributed by atoms with Gasteiger partial charge in [-0.25, -0.2) is 8.42 Å². The lowest BCUT2D eigenvalue weighted by Gasteiger charge is -2.58. The van der Waals surface area contributed by atoms with Gasteiger partial charge in [0.05, 0.1) is 17.9 Å². The zero-order chi connectivity index (χ0) is 25.5. The number of benzene rings is 2. The van der Waals surface area contributed by atoms with Crippen LogP contribution in [0.1, 0.15) is 64.5 Å². The Morgan fingerprint density at radius 2 is 1.71 bits per heavy atom. The molecule has 0 spiro atoms. The predicted octanol–water partition coefficient (Wildman–Crippen LogP) is 5.59. The maximum absolute atomic E-state index is 13.8. The first-order valence-electron chi connectivity index (χ1n) is 12.6. The largest absolute Gasteiger partial charge is 0.469 e. The van der Waals surface area contributed by atoms with Crippen LogP contribution in [0, 0.1) is 16.7 Å². The van der Waals surface area contributed by atoms with E-state index in [2.05, 4.69) is 39.8 Å². The molecule has 1 saturated heterocycles. The first-order chi connectivity index (χ1) is 16.4. The highest BCUT2D eigenvalue weighted by Crippen LogP contribution is 2.59. The Morgan fingerprint density at radius 1 is 1.06 bits per heavy atom. The molecule has 35 heavy (non-hydrogen) atoms. The molecular weight excluding hydrogens is 458 g/mol. The van der Waals surface area contributed by atoms with Crippen LogP contribution in [0.15, 0.2) is 59.5 Å². The van der Waals surface area contributed by atoms with Crippen molar-refractivity contribution < 1.29 is 17.9 Å². The highest BCUT2D eigenvalue weighted by atomic mass is 32.2. The van der Waals surface area contributed by atoms with Crippen LogP contribution in [0.25, 0.3) is 0 Å². The molecule has 3 atom stereocenters. The minimum atomic E-state index is -3.62. The average Bonchev–Trinajstić information content (AvgIpc) is 2.83. The molecule has 1 aliphatic heterocycles. The summed E-state index contributed by atoms with van der Waals surface area (Å²) in [5, 5.41) is 0. The van der Waals surface area contributed by atoms with E-state index in [-0.39, 0.29) is 28.1 Å². The molecule has 0 unspecified atom stereocenters. The summed E-state index contributed by atoms with van der Waals surface area (Å²) in [5.41, 5.74) is 1.90. The van der Waals surface area contributed by atoms with Crippen LogP contribution in [-0.4, -0.2) is 38.9 Å². The van der Waals surface area contributed by atoms with Gasteiger partial charge in [-0.2, -0.15) is 4.31 Å². The number of esters is 1. The van der Waals surface area contributed by atoms with Gasteiger partial charge in [-0.05, 0) is 71.6 Å². The fourth-order valence-electron chi connectivity index (χ4n) is 6.23. The van der Waals surface area contributed by atoms with Gasteiger partial charge in [-0.15, -0.1) is 0 Å². The molecule has 6 heteroatoms. The summed E-state index contributed by atoms with van der Waals surface area (Å²) in [5.74, 6) is -0.268. The van der Waals surface area contributed by atoms with E-state index in [9.17, 15) is 13.2 Å². The molecule has 1 heterocycles. The number of fused-ring (bicyclic) bond motifs is 1. The van der Waals surface area contributed by atoms with Crippen molar-refractivity contribution in [2.45, 2.75) is 70.1 Å². The summed E-state index contributed by atoms with van der Waals surface area (Å²) in [6.07, 6.45) is 3.79. The Bertz CT molecular complexity index is 1150. The van der Waals surface area contributed by atoms with E-state index in [0.29, 0.717) is 18.0 Å². The Labute approximate surface area is 210 Å². The van der Waals surface area contributed by atoms with Crippen molar-refractivity contribution in [1.29, 1.82) is 0 Å². The summed E-state index contributed by atoms with van der Waals surface area (Å²) >= 11 is 0. The Hall–Kier alpha value is -2.18. The van der Waals surface area contributed by atoms with Gasteiger partial charge in [0.15, 0.2) is 0 Å². The minimum absolute atomic E-state index is 0.0345. The van der Waals surface area contributed by atoms with Crippen molar-refractivity contribution in [3.05, 3.63) is 65.7 Å². The van der Waals surface area contributed by atoms with Gasteiger partial charge in [0.25, 0.3) is 0 Å². The molecule has 2 aromatic rings. The number of methoxy groups -OCH3 is 1. The van der Waals surface area contributed by atoms with E-state index in [1.165, 1.54) is 12.7 Å². The lowest BCUT2D eigenvalue weighted by Crippen LogP contribution is -2.59. The van der Waals surface area contributed by atoms with Crippen LogP contribution < -0.4 is 0 Å². The van der Waals surface area contributed by atoms with E-state index in [0.717, 1.165) is 37.7 Å². The Morgan fingerprint density at radius 3 is 2.31 bits per heavy atom. The molecule has 0 amide bonds. The summed E-state index contributed by atoms with van der Waals surface area (Å²) in [4.78, 5) is 12.8. The quantitative estimate of drug-likeness (QED) is 0.506. The molecule has 0 bridgehead atoms. The summed E-state index contributed by atoms with van der Waals surface area (Å²) < 4.78 is 34.4. The summed E-state index contributed by atoms with van der Waals surface area (Å²) in [7, 11) is -2.17. The smallest absolute Gasteiger partial charge is 0.308 e. The number of carbonyl (C=O) groups is 1. The lowest BCUT2D eigenvalue weighted by atomic mass is 9.50. The maximum Gasteiger partial charge on any atom is 0.308 e. The number of carbonyl (C=O) groups excluding carboxylic acids is 1. The third-order valence-corrected chi connectivity index (χ3v) is 10.5. The monoisotopic (exact) mass is 497 g/mol. The fraction of sp³-hybridized carbons (Fsp3) is 0.552. The average molecular weight is 498 g/mol. The number of hydrogen-bond donors (Lipinski definition) is 0. The van der Waals surface area contributed by atoms with Crippen LogP contribution >= 0.6 is 0 Å². The summed E-state index contributed by atoms with van der Waals surface area (Å²) in [6, 6.07) is 17.7. The van der Waals surface area contributed by atoms with Gasteiger partial charge >= 0.3 is 5.97 Å². The number of sulfonamides is 1. The zero-order valence-corrected chi connectivity index (χ0v) is 22.5. The van der Waals surface area contributed by atoms with Gasteiger partial charge in [-0.1, -0.05) is 70.2 Å². The van der Waals surface area contributed by atoms with Gasteiger partial charge in [0.1, 0.15) is 0 Å². The van der Waals surface area contributed by atoms with Crippen LogP contribution in [0.4, 0.5) is 0 Å². The predicted molar refractivity (Wildman–Crippen MR) is 139 cm³/mol. The van der Waals surface area contributed by atoms with Gasteiger partial charge in [0, 0.05) is 13.1 Å². The van der Waals surface area contributed by atoms with Crippen molar-refractivity contribution in [2.24, 2.45) is 16.7 Å². The number of hydrogen-bond acceptors (Lipinski definition) is 4. The van der Waals surface area contributed by atoms with Crippen LogP contribution in [0.2, 0.25) is 0 Å². The third-order valence-electron chi connectivity index (χ3n) is 8.62. The topological polar surface area (TPSA) is 63.7 Å². The second-order valence-corrected chi connectivity index (χ2v) is 13.8. The van der Waals surface area contributed by atoms with Crippen LogP contribution in [-0.2, 0) is 31.4 Å². The molecular formula is C29H39NO4S. The van der Waals surface area contributed by atoms with Crippen LogP contribution in [0.3, 0.4) is 0 Å². The summed E-state index contributed by atoms with van der Waals surface area (Å²) in [6.45, 7) is 9.56. The first kappa shape index (κ1) is 25.9. The molecule has 190 valence electrons. The molecule has 1 saturated carbocycles. The molecule has 2 fully saturated rings. The molecule has 5 nitrogen and oxygen atoms in total. The highest BCUT2D eigenvalue weighted by molar-refractivity contribution is 7.89. The van der Waals surface area contributed by atoms with E-state index in [1.54, 1.807) is 16.4 Å². The number of piperidine rings is 1. The standard InChI is InChI=1S/C29H39NO4S/c1-27(2,3)24-11-13-25(14-12-24)35(32,33)30-18-17-28(4)20-23(26(31)34-5)15-16-29(28,21-30)19-22-9-7-6-8-10-22/h6-14,23H,15-21H2,1-5H3/t23-,28-,29-/m0/s1. The van der Waals surface area contributed by atoms with E-state index >= 15 is 0 Å². The van der Waals surface area contributed by atoms with Gasteiger partial charge < -0.3 is 4.74 Å². The van der Waals surface area contributed by atoms with Crippen molar-refractivity contribution in [2.75, 3.05) is 20.2 Å². The minimum Gasteiger partial charge on any atom is -0.469 e. The zero-order valence-electron chi connectivity index (χ0n) is 21.7. The fourth-order valence-corrected chi connectivity index (χ4v) is 7.76. The SMILES string of the molecule is COC(=O)[C@H]1CC[C@]2(Cc3ccccc3)CN(S(=O)(=O)c3ccc(C(C)(C)C)cc3)CC[C@@]2(C)C1. The number of ether oxygens (including phenoxy) is 1. The molecule has 1 aliphatic carbocycles. The van der Waals surface area contributed by atoms with E-state index < -0.39 is 10.0 Å². The number of nitrogens with zero attached hydrogens (tertiary/aromatic N) is 1. The molecule has 2 aliphatic rings. The Kier molecular flexibility index (Phi) is 6.93. The third kappa shape index (κ3) is 4.92. The van der Waals surface area contributed by atoms with E-state index in [1.807, 2.05) is 30.3 Å². The van der Waals surface area contributed by atoms with Crippen molar-refractivity contribution in [3.8, 4) is 0 Å². The maximum atomic E-state index is 13.8. The van der Waals surface area contributed by atoms with Gasteiger partial charge in [-0.3, -0.25) is 4.79 Å². The Balaban J connectivity index is 1.67. The second kappa shape index (κ2) is 9.36. The molecule has 2 aromatic carbocycles. The van der Waals surface area contributed by atoms with Crippen molar-refractivity contribution in [3.63, 3.8) is 0 Å². The molecule has 0 aromatic heterocycles. The molecule has 0 N–H and O–H groups in total. The molecule has 4 rings (SSSR count). The molecule has 0 radical (unpaired) electrons. The van der Waals surface area contributed by atoms with Crippen molar-refractivity contribution in [1.82, 2.24) is 4.31 Å². The highest BCUT2D eigenvalue weighted by Gasteiger charge is 2.57. The van der Waals surface area contributed by atoms with Crippen molar-refractivity contribution >= 4 is 16.0 Å². The van der Waals surface area contributed by atoms with Gasteiger partial charge in [0.2, 0.25) is 10.0 Å². The van der Waals surface area contributed by atoms with E-state index in [4.69, 9.17) is 4.74 Å². The lowest BCUT2D eigenvalue weighted by molar-refractivity contribution is -0.154. The van der Waals surface area contributed by atoms with Crippen LogP contribution in [0.5, 0.6) is 0 Å². The second-order valence-electron chi connectivity index (χ2n) is 11.8. The number of rotatable bonds is 5. The first-order valence-corrected chi connectivity index (χ1v) is 14.1.